The van der Waals surface area contributed by atoms with Gasteiger partial charge in [0.05, 0.1) is 19.7 Å². The molecule has 0 aliphatic heterocycles. The van der Waals surface area contributed by atoms with E-state index in [0.29, 0.717) is 9.29 Å². The topological polar surface area (TPSA) is 12.0 Å². The highest BCUT2D eigenvalue weighted by Gasteiger charge is 1.82. The Bertz CT molecular complexity index is 83.7. The summed E-state index contributed by atoms with van der Waals surface area (Å²) in [5.41, 5.74) is 2.43. The molecule has 1 N–H and O–H groups in total. The van der Waals surface area contributed by atoms with Crippen LogP contribution in [0.4, 0.5) is 0 Å². The van der Waals surface area contributed by atoms with E-state index < -0.39 is 0 Å². The summed E-state index contributed by atoms with van der Waals surface area (Å²) >= 11 is 0. The van der Waals surface area contributed by atoms with Gasteiger partial charge in [-0.1, -0.05) is 38.3 Å². The van der Waals surface area contributed by atoms with Crippen LogP contribution in [0.15, 0.2) is 0 Å². The molecular formula is C7H19NSi2. The lowest BCUT2D eigenvalue weighted by Gasteiger charge is -1.93. The van der Waals surface area contributed by atoms with Crippen molar-refractivity contribution in [2.75, 3.05) is 0 Å². The van der Waals surface area contributed by atoms with Gasteiger partial charge < -0.3 is 4.65 Å². The van der Waals surface area contributed by atoms with E-state index in [4.69, 9.17) is 0 Å². The van der Waals surface area contributed by atoms with Gasteiger partial charge in [0.2, 0.25) is 0 Å². The Labute approximate surface area is 69.6 Å². The van der Waals surface area contributed by atoms with Crippen LogP contribution in [0.1, 0.15) is 39.0 Å². The Hall–Kier alpha value is 0.104. The fraction of sp³-hybridized carbons (Fsp3) is 0.857. The first-order valence-electron chi connectivity index (χ1n) is 4.24. The van der Waals surface area contributed by atoms with Gasteiger partial charge in [0.15, 0.2) is 0 Å². The molecule has 0 aromatic rings. The van der Waals surface area contributed by atoms with Crippen molar-refractivity contribution in [3.05, 3.63) is 0 Å². The van der Waals surface area contributed by atoms with Crippen molar-refractivity contribution in [2.45, 2.75) is 39.0 Å². The standard InChI is InChI=1S/C7H19NSi2/c1-2-3-4-5-6-7-10-8-9/h7-8,10H,2-6H2,1,9H3. The molecule has 0 spiro atoms. The summed E-state index contributed by atoms with van der Waals surface area (Å²) in [6.45, 7) is 2.26. The van der Waals surface area contributed by atoms with E-state index in [9.17, 15) is 0 Å². The molecule has 3 heteroatoms. The van der Waals surface area contributed by atoms with E-state index >= 15 is 0 Å². The second kappa shape index (κ2) is 9.10. The number of hydrogen-bond acceptors (Lipinski definition) is 1. The third kappa shape index (κ3) is 8.10. The van der Waals surface area contributed by atoms with Crippen LogP contribution in [0, 0.1) is 0 Å². The molecule has 0 aromatic carbocycles. The zero-order valence-electron chi connectivity index (χ0n) is 7.19. The van der Waals surface area contributed by atoms with Crippen LogP contribution < -0.4 is 4.65 Å². The van der Waals surface area contributed by atoms with E-state index in [0.717, 1.165) is 10.4 Å². The summed E-state index contributed by atoms with van der Waals surface area (Å²) < 4.78 is 3.33. The Balaban J connectivity index is 2.83. The highest BCUT2D eigenvalue weighted by atomic mass is 28.2. The lowest BCUT2D eigenvalue weighted by molar-refractivity contribution is 0.687. The molecule has 0 aliphatic rings. The Morgan fingerprint density at radius 2 is 2.20 bits per heavy atom. The van der Waals surface area contributed by atoms with E-state index in [1.54, 1.807) is 0 Å². The molecule has 0 aliphatic carbocycles. The summed E-state index contributed by atoms with van der Waals surface area (Å²) in [5, 5.41) is 0. The molecule has 0 fully saturated rings. The largest absolute Gasteiger partial charge is 0.457 e. The minimum atomic E-state index is 0.494. The molecule has 0 aromatic heterocycles. The van der Waals surface area contributed by atoms with E-state index in [1.807, 2.05) is 0 Å². The zero-order chi connectivity index (χ0) is 7.66. The maximum absolute atomic E-state index is 3.33. The van der Waals surface area contributed by atoms with Crippen LogP contribution in [-0.2, 0) is 0 Å². The van der Waals surface area contributed by atoms with Gasteiger partial charge in [0, 0.05) is 0 Å². The van der Waals surface area contributed by atoms with Crippen LogP contribution in [0.2, 0.25) is 0 Å². The highest BCUT2D eigenvalue weighted by Crippen LogP contribution is 1.99. The third-order valence-corrected chi connectivity index (χ3v) is 3.41. The van der Waals surface area contributed by atoms with Crippen LogP contribution >= 0.6 is 0 Å². The molecule has 0 saturated heterocycles. The molecule has 0 radical (unpaired) electrons. The third-order valence-electron chi connectivity index (χ3n) is 1.51. The van der Waals surface area contributed by atoms with Gasteiger partial charge in [-0.3, -0.25) is 0 Å². The van der Waals surface area contributed by atoms with Gasteiger partial charge >= 0.3 is 0 Å². The van der Waals surface area contributed by atoms with Crippen molar-refractivity contribution >= 4 is 25.4 Å². The van der Waals surface area contributed by atoms with Crippen LogP contribution in [0.25, 0.3) is 0 Å². The molecular weight excluding hydrogens is 154 g/mol. The molecule has 0 bridgehead atoms. The minimum absolute atomic E-state index is 0.494. The predicted molar refractivity (Wildman–Crippen MR) is 55.0 cm³/mol. The molecule has 0 saturated carbocycles. The van der Waals surface area contributed by atoms with Crippen molar-refractivity contribution < 1.29 is 0 Å². The van der Waals surface area contributed by atoms with Gasteiger partial charge in [-0.25, -0.2) is 0 Å². The Kier molecular flexibility index (Phi) is 9.20. The van der Waals surface area contributed by atoms with Crippen molar-refractivity contribution in [3.8, 4) is 0 Å². The average Bonchev–Trinajstić information content (AvgIpc) is 1.97. The minimum Gasteiger partial charge on any atom is -0.457 e. The SMILES string of the molecule is CCCCCCC=[SiH]N[SiH3]. The summed E-state index contributed by atoms with van der Waals surface area (Å²) in [7, 11) is 1.66. The second-order valence-electron chi connectivity index (χ2n) is 2.54. The smallest absolute Gasteiger partial charge is 0.0935 e. The summed E-state index contributed by atoms with van der Waals surface area (Å²) in [6, 6.07) is 0. The zero-order valence-corrected chi connectivity index (χ0v) is 10.3. The monoisotopic (exact) mass is 173 g/mol. The van der Waals surface area contributed by atoms with Gasteiger partial charge in [-0.2, -0.15) is 0 Å². The maximum atomic E-state index is 3.33. The number of hydrogen-bond donors (Lipinski definition) is 1. The molecule has 0 unspecified atom stereocenters. The molecule has 10 heavy (non-hydrogen) atoms. The van der Waals surface area contributed by atoms with E-state index in [2.05, 4.69) is 17.2 Å². The Morgan fingerprint density at radius 1 is 1.40 bits per heavy atom. The van der Waals surface area contributed by atoms with Gasteiger partial charge in [-0.15, -0.1) is 0 Å². The van der Waals surface area contributed by atoms with Crippen molar-refractivity contribution in [1.82, 2.24) is 4.65 Å². The molecule has 1 nitrogen and oxygen atoms in total. The van der Waals surface area contributed by atoms with E-state index in [1.165, 1.54) is 32.1 Å². The van der Waals surface area contributed by atoms with Crippen LogP contribution in [0.3, 0.4) is 0 Å². The molecule has 0 heterocycles. The Morgan fingerprint density at radius 3 is 2.80 bits per heavy atom. The fourth-order valence-corrected chi connectivity index (χ4v) is 2.24. The maximum Gasteiger partial charge on any atom is 0.0935 e. The number of nitrogens with one attached hydrogen (secondary N) is 1. The summed E-state index contributed by atoms with van der Waals surface area (Å²) in [5.74, 6) is 0. The normalized spacial score (nSPS) is 10.9. The predicted octanol–water partition coefficient (Wildman–Crippen LogP) is -0.0195. The first kappa shape index (κ1) is 10.1. The van der Waals surface area contributed by atoms with Crippen molar-refractivity contribution in [1.29, 1.82) is 0 Å². The first-order chi connectivity index (χ1) is 4.91. The molecule has 0 rings (SSSR count). The van der Waals surface area contributed by atoms with Crippen molar-refractivity contribution in [2.24, 2.45) is 0 Å². The van der Waals surface area contributed by atoms with Crippen molar-refractivity contribution in [3.63, 3.8) is 0 Å². The second-order valence-corrected chi connectivity index (χ2v) is 5.65. The quantitative estimate of drug-likeness (QED) is 0.440. The van der Waals surface area contributed by atoms with E-state index in [-0.39, 0.29) is 0 Å². The van der Waals surface area contributed by atoms with Crippen LogP contribution in [0.5, 0.6) is 0 Å². The molecule has 0 amide bonds. The van der Waals surface area contributed by atoms with Gasteiger partial charge in [0.25, 0.3) is 0 Å². The summed E-state index contributed by atoms with van der Waals surface area (Å²) in [6.07, 6.45) is 6.94. The van der Waals surface area contributed by atoms with Gasteiger partial charge in [-0.05, 0) is 6.42 Å². The highest BCUT2D eigenvalue weighted by molar-refractivity contribution is 6.50. The number of rotatable bonds is 6. The number of unbranched alkanes of at least 4 members (excludes halogenated alkanes) is 4. The fourth-order valence-electron chi connectivity index (χ4n) is 0.890. The first-order valence-corrected chi connectivity index (χ1v) is 6.48. The lowest BCUT2D eigenvalue weighted by atomic mass is 10.2. The molecule has 60 valence electrons. The summed E-state index contributed by atoms with van der Waals surface area (Å²) in [4.78, 5) is 0. The molecule has 0 atom stereocenters. The average molecular weight is 173 g/mol. The lowest BCUT2D eigenvalue weighted by Crippen LogP contribution is -2.08. The van der Waals surface area contributed by atoms with Gasteiger partial charge in [0.1, 0.15) is 0 Å². The van der Waals surface area contributed by atoms with Crippen LogP contribution in [-0.4, -0.2) is 25.4 Å².